The molecule has 1 aliphatic rings. The quantitative estimate of drug-likeness (QED) is 0.355. The molecule has 1 aromatic heterocycles. The maximum atomic E-state index is 11.3. The van der Waals surface area contributed by atoms with Gasteiger partial charge in [-0.2, -0.15) is 0 Å². The normalized spacial score (nSPS) is 13.3. The maximum Gasteiger partial charge on any atom is 0.344 e. The standard InChI is InChI=1S/C10H4O4/c11-8-4-5-9-6(13-8)2-1-3-7(9)14-10(5)12/h1-4H. The molecule has 2 aromatic rings. The van der Waals surface area contributed by atoms with Crippen LogP contribution in [-0.2, 0) is 0 Å². The van der Waals surface area contributed by atoms with Gasteiger partial charge in [0.05, 0.1) is 10.9 Å². The minimum Gasteiger partial charge on any atom is -0.423 e. The van der Waals surface area contributed by atoms with Crippen molar-refractivity contribution in [3.8, 4) is 5.75 Å². The molecule has 0 radical (unpaired) electrons. The monoisotopic (exact) mass is 188 g/mol. The summed E-state index contributed by atoms with van der Waals surface area (Å²) in [5.41, 5.74) is 0.131. The van der Waals surface area contributed by atoms with Gasteiger partial charge in [0.2, 0.25) is 0 Å². The molecule has 0 saturated heterocycles. The Morgan fingerprint density at radius 3 is 2.86 bits per heavy atom. The van der Waals surface area contributed by atoms with E-state index < -0.39 is 11.6 Å². The predicted octanol–water partition coefficient (Wildman–Crippen LogP) is 1.33. The molecule has 14 heavy (non-hydrogen) atoms. The van der Waals surface area contributed by atoms with Crippen LogP contribution in [0.4, 0.5) is 0 Å². The van der Waals surface area contributed by atoms with Crippen LogP contribution >= 0.6 is 0 Å². The first-order valence-electron chi connectivity index (χ1n) is 4.05. The topological polar surface area (TPSA) is 56.5 Å². The van der Waals surface area contributed by atoms with Gasteiger partial charge in [-0.05, 0) is 12.1 Å². The first-order valence-corrected chi connectivity index (χ1v) is 4.05. The minimum absolute atomic E-state index is 0.284. The highest BCUT2D eigenvalue weighted by molar-refractivity contribution is 6.11. The van der Waals surface area contributed by atoms with Crippen molar-refractivity contribution in [2.24, 2.45) is 0 Å². The number of benzene rings is 1. The average Bonchev–Trinajstić information content (AvgIpc) is 2.45. The zero-order chi connectivity index (χ0) is 9.71. The smallest absolute Gasteiger partial charge is 0.344 e. The molecule has 0 spiro atoms. The Morgan fingerprint density at radius 1 is 1.14 bits per heavy atom. The van der Waals surface area contributed by atoms with E-state index in [2.05, 4.69) is 0 Å². The molecule has 0 N–H and O–H groups in total. The molecule has 0 aliphatic carbocycles. The van der Waals surface area contributed by atoms with Gasteiger partial charge in [-0.15, -0.1) is 0 Å². The summed E-state index contributed by atoms with van der Waals surface area (Å²) in [4.78, 5) is 22.4. The van der Waals surface area contributed by atoms with Crippen LogP contribution in [0.3, 0.4) is 0 Å². The fraction of sp³-hybridized carbons (Fsp3) is 0. The second-order valence-corrected chi connectivity index (χ2v) is 3.00. The van der Waals surface area contributed by atoms with E-state index >= 15 is 0 Å². The highest BCUT2D eigenvalue weighted by Crippen LogP contribution is 2.33. The van der Waals surface area contributed by atoms with Crippen molar-refractivity contribution >= 4 is 16.9 Å². The summed E-state index contributed by atoms with van der Waals surface area (Å²) in [6, 6.07) is 6.12. The summed E-state index contributed by atoms with van der Waals surface area (Å²) in [6.07, 6.45) is 0. The number of hydrogen-bond acceptors (Lipinski definition) is 4. The maximum absolute atomic E-state index is 11.3. The lowest BCUT2D eigenvalue weighted by Gasteiger charge is -1.94. The molecule has 0 saturated carbocycles. The molecule has 0 unspecified atom stereocenters. The van der Waals surface area contributed by atoms with Gasteiger partial charge in [-0.25, -0.2) is 9.59 Å². The zero-order valence-corrected chi connectivity index (χ0v) is 6.94. The molecule has 0 atom stereocenters. The van der Waals surface area contributed by atoms with E-state index in [-0.39, 0.29) is 5.56 Å². The van der Waals surface area contributed by atoms with Crippen molar-refractivity contribution in [1.82, 2.24) is 0 Å². The van der Waals surface area contributed by atoms with E-state index in [9.17, 15) is 9.59 Å². The zero-order valence-electron chi connectivity index (χ0n) is 6.94. The van der Waals surface area contributed by atoms with Gasteiger partial charge in [-0.3, -0.25) is 0 Å². The molecule has 2 heterocycles. The number of ether oxygens (including phenoxy) is 1. The predicted molar refractivity (Wildman–Crippen MR) is 47.4 cm³/mol. The van der Waals surface area contributed by atoms with E-state index in [1.807, 2.05) is 0 Å². The van der Waals surface area contributed by atoms with Crippen molar-refractivity contribution in [2.75, 3.05) is 0 Å². The second kappa shape index (κ2) is 2.23. The fourth-order valence-corrected chi connectivity index (χ4v) is 1.59. The molecule has 1 aliphatic heterocycles. The number of carbonyl (C=O) groups excluding carboxylic acids is 1. The number of carbonyl (C=O) groups is 1. The van der Waals surface area contributed by atoms with Crippen LogP contribution in [0.5, 0.6) is 5.75 Å². The van der Waals surface area contributed by atoms with Crippen molar-refractivity contribution in [3.63, 3.8) is 0 Å². The number of hydrogen-bond donors (Lipinski definition) is 0. The molecule has 3 rings (SSSR count). The molecule has 0 amide bonds. The van der Waals surface area contributed by atoms with Crippen molar-refractivity contribution in [3.05, 3.63) is 40.2 Å². The minimum atomic E-state index is -0.538. The summed E-state index contributed by atoms with van der Waals surface area (Å²) in [6.45, 7) is 0. The van der Waals surface area contributed by atoms with Gasteiger partial charge in [0.15, 0.2) is 0 Å². The third-order valence-electron chi connectivity index (χ3n) is 2.15. The van der Waals surface area contributed by atoms with Crippen LogP contribution in [0.15, 0.2) is 33.5 Å². The van der Waals surface area contributed by atoms with Gasteiger partial charge in [0.1, 0.15) is 11.3 Å². The largest absolute Gasteiger partial charge is 0.423 e. The Kier molecular flexibility index (Phi) is 1.16. The van der Waals surface area contributed by atoms with Crippen LogP contribution in [0.25, 0.3) is 11.0 Å². The van der Waals surface area contributed by atoms with E-state index in [0.29, 0.717) is 16.7 Å². The second-order valence-electron chi connectivity index (χ2n) is 3.00. The molecule has 68 valence electrons. The molecular weight excluding hydrogens is 184 g/mol. The third kappa shape index (κ3) is 0.771. The Bertz CT molecular complexity index is 609. The fourth-order valence-electron chi connectivity index (χ4n) is 1.59. The Morgan fingerprint density at radius 2 is 2.00 bits per heavy atom. The Hall–Kier alpha value is -2.10. The molecule has 1 aromatic carbocycles. The first kappa shape index (κ1) is 7.32. The van der Waals surface area contributed by atoms with Crippen LogP contribution in [0.1, 0.15) is 10.4 Å². The summed E-state index contributed by atoms with van der Waals surface area (Å²) in [7, 11) is 0. The van der Waals surface area contributed by atoms with E-state index in [0.717, 1.165) is 6.07 Å². The summed E-state index contributed by atoms with van der Waals surface area (Å²) in [5.74, 6) is -0.0460. The van der Waals surface area contributed by atoms with Gasteiger partial charge in [0.25, 0.3) is 0 Å². The summed E-state index contributed by atoms with van der Waals surface area (Å²) in [5, 5.41) is 0.581. The van der Waals surface area contributed by atoms with Crippen molar-refractivity contribution < 1.29 is 13.9 Å². The average molecular weight is 188 g/mol. The molecule has 0 bridgehead atoms. The lowest BCUT2D eigenvalue weighted by Crippen LogP contribution is -2.05. The van der Waals surface area contributed by atoms with Gasteiger partial charge < -0.3 is 9.15 Å². The third-order valence-corrected chi connectivity index (χ3v) is 2.15. The highest BCUT2D eigenvalue weighted by Gasteiger charge is 2.25. The van der Waals surface area contributed by atoms with E-state index in [4.69, 9.17) is 9.15 Å². The van der Waals surface area contributed by atoms with Crippen LogP contribution < -0.4 is 10.4 Å². The van der Waals surface area contributed by atoms with E-state index in [1.165, 1.54) is 0 Å². The van der Waals surface area contributed by atoms with Crippen LogP contribution in [0.2, 0.25) is 0 Å². The van der Waals surface area contributed by atoms with Crippen LogP contribution in [-0.4, -0.2) is 5.97 Å². The lowest BCUT2D eigenvalue weighted by atomic mass is 10.1. The Balaban J connectivity index is 2.62. The number of rotatable bonds is 0. The highest BCUT2D eigenvalue weighted by atomic mass is 16.5. The van der Waals surface area contributed by atoms with Crippen LogP contribution in [0, 0.1) is 0 Å². The van der Waals surface area contributed by atoms with Gasteiger partial charge >= 0.3 is 11.6 Å². The summed E-state index contributed by atoms with van der Waals surface area (Å²) >= 11 is 0. The van der Waals surface area contributed by atoms with E-state index in [1.54, 1.807) is 18.2 Å². The Labute approximate surface area is 77.7 Å². The molecule has 0 fully saturated rings. The molecular formula is C10H4O4. The van der Waals surface area contributed by atoms with Crippen molar-refractivity contribution in [1.29, 1.82) is 0 Å². The molecule has 4 nitrogen and oxygen atoms in total. The SMILES string of the molecule is O=C1Oc2cccc3oc(=O)cc1c23. The molecule has 4 heteroatoms. The van der Waals surface area contributed by atoms with Gasteiger partial charge in [0, 0.05) is 6.07 Å². The number of esters is 1. The lowest BCUT2D eigenvalue weighted by molar-refractivity contribution is 0.0754. The first-order chi connectivity index (χ1) is 6.75. The summed E-state index contributed by atoms with van der Waals surface area (Å²) < 4.78 is 9.86. The van der Waals surface area contributed by atoms with Crippen molar-refractivity contribution in [2.45, 2.75) is 0 Å². The van der Waals surface area contributed by atoms with Gasteiger partial charge in [-0.1, -0.05) is 6.07 Å².